The zero-order chi connectivity index (χ0) is 25.0. The van der Waals surface area contributed by atoms with Crippen molar-refractivity contribution >= 4 is 22.4 Å². The normalized spacial score (nSPS) is 11.7. The molecule has 0 bridgehead atoms. The Hall–Kier alpha value is -3.86. The van der Waals surface area contributed by atoms with E-state index in [2.05, 4.69) is 15.4 Å². The number of nitrogens with one attached hydrogen (secondary N) is 1. The lowest BCUT2D eigenvalue weighted by Gasteiger charge is -2.26. The van der Waals surface area contributed by atoms with Gasteiger partial charge in [0.15, 0.2) is 0 Å². The Kier molecular flexibility index (Phi) is 7.06. The average molecular weight is 486 g/mol. The smallest absolute Gasteiger partial charge is 0.401 e. The van der Waals surface area contributed by atoms with E-state index in [0.29, 0.717) is 41.1 Å². The van der Waals surface area contributed by atoms with Gasteiger partial charge in [-0.2, -0.15) is 18.3 Å². The lowest BCUT2D eigenvalue weighted by molar-refractivity contribution is -0.124. The third kappa shape index (κ3) is 6.18. The number of hydrogen-bond acceptors (Lipinski definition) is 7. The molecule has 0 radical (unpaired) electrons. The molecular weight excluding hydrogens is 461 g/mol. The number of methoxy groups -OCH3 is 1. The van der Waals surface area contributed by atoms with Crippen LogP contribution in [0, 0.1) is 0 Å². The summed E-state index contributed by atoms with van der Waals surface area (Å²) in [4.78, 5) is 11.1. The number of alkyl halides is 3. The predicted octanol–water partition coefficient (Wildman–Crippen LogP) is 4.42. The van der Waals surface area contributed by atoms with Gasteiger partial charge in [-0.3, -0.25) is 9.67 Å². The average Bonchev–Trinajstić information content (AvgIpc) is 3.25. The number of aryl methyl sites for hydroxylation is 1. The van der Waals surface area contributed by atoms with Crippen molar-refractivity contribution in [1.82, 2.24) is 25.1 Å². The van der Waals surface area contributed by atoms with E-state index in [1.807, 2.05) is 36.3 Å². The topological polar surface area (TPSA) is 88.3 Å². The number of halogens is 3. The first kappa shape index (κ1) is 24.3. The molecule has 8 nitrogen and oxygen atoms in total. The van der Waals surface area contributed by atoms with Gasteiger partial charge < -0.3 is 20.1 Å². The molecule has 184 valence electrons. The monoisotopic (exact) mass is 486 g/mol. The number of benzene rings is 2. The molecule has 0 spiro atoms. The van der Waals surface area contributed by atoms with Crippen LogP contribution >= 0.6 is 0 Å². The first-order chi connectivity index (χ1) is 16.7. The summed E-state index contributed by atoms with van der Waals surface area (Å²) in [6.07, 6.45) is 1.40. The van der Waals surface area contributed by atoms with E-state index in [9.17, 15) is 18.3 Å². The van der Waals surface area contributed by atoms with Gasteiger partial charge in [-0.1, -0.05) is 0 Å². The molecule has 2 N–H and O–H groups in total. The van der Waals surface area contributed by atoms with Gasteiger partial charge >= 0.3 is 6.18 Å². The molecule has 0 aliphatic heterocycles. The number of hydrogen-bond donors (Lipinski definition) is 2. The minimum absolute atomic E-state index is 0.0130. The number of rotatable bonds is 9. The predicted molar refractivity (Wildman–Crippen MR) is 127 cm³/mol. The quantitative estimate of drug-likeness (QED) is 0.339. The van der Waals surface area contributed by atoms with Crippen molar-refractivity contribution < 1.29 is 23.0 Å². The summed E-state index contributed by atoms with van der Waals surface area (Å²) in [7, 11) is 3.32. The Balaban J connectivity index is 1.65. The number of fused-ring (bicyclic) bond motifs is 1. The number of anilines is 2. The van der Waals surface area contributed by atoms with Crippen molar-refractivity contribution in [3.8, 4) is 22.8 Å². The van der Waals surface area contributed by atoms with Crippen LogP contribution in [0.2, 0.25) is 0 Å². The summed E-state index contributed by atoms with van der Waals surface area (Å²) in [5.74, 6) is 0.471. The van der Waals surface area contributed by atoms with E-state index in [0.717, 1.165) is 11.3 Å². The van der Waals surface area contributed by atoms with Gasteiger partial charge in [0.25, 0.3) is 0 Å². The second-order valence-corrected chi connectivity index (χ2v) is 8.02. The number of phenols is 1. The number of ether oxygens (including phenoxy) is 1. The van der Waals surface area contributed by atoms with Gasteiger partial charge in [0.1, 0.15) is 11.5 Å². The Morgan fingerprint density at radius 1 is 1.09 bits per heavy atom. The third-order valence-electron chi connectivity index (χ3n) is 5.32. The van der Waals surface area contributed by atoms with Crippen LogP contribution in [0.4, 0.5) is 24.5 Å². The molecule has 35 heavy (non-hydrogen) atoms. The number of nitrogens with zero attached hydrogens (tertiary/aromatic N) is 5. The van der Waals surface area contributed by atoms with Gasteiger partial charge in [0.2, 0.25) is 0 Å². The Morgan fingerprint density at radius 3 is 2.63 bits per heavy atom. The minimum Gasteiger partial charge on any atom is -0.508 e. The highest BCUT2D eigenvalue weighted by Crippen LogP contribution is 2.34. The largest absolute Gasteiger partial charge is 0.508 e. The van der Waals surface area contributed by atoms with Gasteiger partial charge in [0.05, 0.1) is 42.8 Å². The lowest BCUT2D eigenvalue weighted by atomic mass is 10.1. The number of aromatic nitrogens is 4. The van der Waals surface area contributed by atoms with Gasteiger partial charge in [-0.25, -0.2) is 4.98 Å². The maximum atomic E-state index is 12.5. The Morgan fingerprint density at radius 2 is 1.91 bits per heavy atom. The summed E-state index contributed by atoms with van der Waals surface area (Å²) in [6.45, 7) is -0.487. The minimum atomic E-state index is -4.26. The first-order valence-electron chi connectivity index (χ1n) is 10.9. The zero-order valence-corrected chi connectivity index (χ0v) is 19.3. The van der Waals surface area contributed by atoms with Crippen molar-refractivity contribution in [2.24, 2.45) is 7.05 Å². The van der Waals surface area contributed by atoms with Crippen molar-refractivity contribution in [2.45, 2.75) is 12.6 Å². The highest BCUT2D eigenvalue weighted by Gasteiger charge is 2.26. The highest BCUT2D eigenvalue weighted by molar-refractivity contribution is 5.82. The molecule has 0 saturated carbocycles. The van der Waals surface area contributed by atoms with E-state index in [1.54, 1.807) is 29.2 Å². The highest BCUT2D eigenvalue weighted by atomic mass is 19.4. The van der Waals surface area contributed by atoms with Crippen LogP contribution in [0.15, 0.2) is 55.0 Å². The maximum absolute atomic E-state index is 12.5. The molecule has 4 aromatic rings. The van der Waals surface area contributed by atoms with Crippen LogP contribution in [0.3, 0.4) is 0 Å². The fourth-order valence-corrected chi connectivity index (χ4v) is 3.70. The second kappa shape index (κ2) is 10.2. The van der Waals surface area contributed by atoms with E-state index in [-0.39, 0.29) is 12.3 Å². The van der Waals surface area contributed by atoms with Crippen LogP contribution in [-0.2, 0) is 7.05 Å². The molecule has 0 aliphatic rings. The molecule has 11 heteroatoms. The summed E-state index contributed by atoms with van der Waals surface area (Å²) >= 11 is 0. The fourth-order valence-electron chi connectivity index (χ4n) is 3.70. The fraction of sp³-hybridized carbons (Fsp3) is 0.292. The van der Waals surface area contributed by atoms with Gasteiger partial charge in [0, 0.05) is 54.9 Å². The van der Waals surface area contributed by atoms with E-state index in [4.69, 9.17) is 9.72 Å². The van der Waals surface area contributed by atoms with Crippen molar-refractivity contribution in [3.63, 3.8) is 0 Å². The van der Waals surface area contributed by atoms with Crippen LogP contribution in [0.25, 0.3) is 22.3 Å². The zero-order valence-electron chi connectivity index (χ0n) is 19.3. The summed E-state index contributed by atoms with van der Waals surface area (Å²) in [5, 5.41) is 16.8. The SMILES string of the molecule is COc1cc(O)cc(N(CCCNCC(F)(F)F)c2ccc3ncc(-c4cnn(C)c4)nc3c2)c1. The van der Waals surface area contributed by atoms with Gasteiger partial charge in [-0.05, 0) is 31.2 Å². The first-order valence-corrected chi connectivity index (χ1v) is 10.9. The standard InChI is InChI=1S/C24H25F3N6O2/c1-32-14-16(12-30-32)23-13-29-21-5-4-17(10-22(21)31-23)33(7-3-6-28-15-24(25,26)27)18-8-19(34)11-20(9-18)35-2/h4-5,8-14,28,34H,3,6-7,15H2,1-2H3. The number of aromatic hydroxyl groups is 1. The molecule has 2 aromatic carbocycles. The molecular formula is C24H25F3N6O2. The summed E-state index contributed by atoms with van der Waals surface area (Å²) < 4.78 is 44.4. The third-order valence-corrected chi connectivity index (χ3v) is 5.32. The van der Waals surface area contributed by atoms with Crippen molar-refractivity contribution in [2.75, 3.05) is 31.6 Å². The Labute approximate surface area is 200 Å². The van der Waals surface area contributed by atoms with Crippen LogP contribution in [-0.4, -0.2) is 57.8 Å². The van der Waals surface area contributed by atoms with Crippen LogP contribution < -0.4 is 15.0 Å². The van der Waals surface area contributed by atoms with Crippen molar-refractivity contribution in [3.05, 3.63) is 55.0 Å². The van der Waals surface area contributed by atoms with Crippen molar-refractivity contribution in [1.29, 1.82) is 0 Å². The molecule has 0 amide bonds. The second-order valence-electron chi connectivity index (χ2n) is 8.02. The molecule has 2 aromatic heterocycles. The van der Waals surface area contributed by atoms with Crippen LogP contribution in [0.1, 0.15) is 6.42 Å². The summed E-state index contributed by atoms with van der Waals surface area (Å²) in [5.41, 5.74) is 4.23. The van der Waals surface area contributed by atoms with Crippen LogP contribution in [0.5, 0.6) is 11.5 Å². The molecule has 0 atom stereocenters. The maximum Gasteiger partial charge on any atom is 0.401 e. The van der Waals surface area contributed by atoms with E-state index < -0.39 is 12.7 Å². The van der Waals surface area contributed by atoms with Gasteiger partial charge in [-0.15, -0.1) is 0 Å². The van der Waals surface area contributed by atoms with E-state index in [1.165, 1.54) is 13.2 Å². The Bertz CT molecular complexity index is 1310. The molecule has 0 aliphatic carbocycles. The molecule has 0 fully saturated rings. The molecule has 2 heterocycles. The number of phenolic OH excluding ortho intramolecular Hbond substituents is 1. The molecule has 4 rings (SSSR count). The molecule has 0 unspecified atom stereocenters. The van der Waals surface area contributed by atoms with E-state index >= 15 is 0 Å². The molecule has 0 saturated heterocycles. The lowest BCUT2D eigenvalue weighted by Crippen LogP contribution is -2.31. The summed E-state index contributed by atoms with van der Waals surface area (Å²) in [6, 6.07) is 10.4.